The predicted octanol–water partition coefficient (Wildman–Crippen LogP) is 7.84. The molecule has 0 saturated carbocycles. The van der Waals surface area contributed by atoms with Crippen molar-refractivity contribution in [1.82, 2.24) is 0 Å². The molecule has 232 valence electrons. The van der Waals surface area contributed by atoms with Gasteiger partial charge in [-0.05, 0) is 45.8 Å². The monoisotopic (exact) mass is 672 g/mol. The van der Waals surface area contributed by atoms with Gasteiger partial charge in [-0.1, -0.05) is 0 Å². The van der Waals surface area contributed by atoms with Crippen molar-refractivity contribution in [1.29, 1.82) is 0 Å². The number of fused-ring (bicyclic) bond motifs is 19. The fourth-order valence-electron chi connectivity index (χ4n) is 5.17. The van der Waals surface area contributed by atoms with Crippen molar-refractivity contribution < 1.29 is 37.9 Å². The summed E-state index contributed by atoms with van der Waals surface area (Å²) in [5, 5.41) is 12.5. The zero-order valence-corrected chi connectivity index (χ0v) is 27.3. The van der Waals surface area contributed by atoms with Crippen LogP contribution in [0.1, 0.15) is 0 Å². The molecule has 2 aliphatic heterocycles. The molecule has 6 aromatic rings. The van der Waals surface area contributed by atoms with E-state index in [0.29, 0.717) is 79.3 Å². The van der Waals surface area contributed by atoms with Crippen LogP contribution in [0, 0.1) is 0 Å². The molecule has 0 fully saturated rings. The van der Waals surface area contributed by atoms with Crippen molar-refractivity contribution in [2.45, 2.75) is 0 Å². The largest absolute Gasteiger partial charge is 0.489 e. The van der Waals surface area contributed by atoms with E-state index in [1.807, 2.05) is 0 Å². The number of hydrogen-bond acceptors (Lipinski definition) is 12. The molecule has 2 aliphatic rings. The van der Waals surface area contributed by atoms with Gasteiger partial charge in [0.2, 0.25) is 0 Å². The molecule has 4 aromatic heterocycles. The maximum absolute atomic E-state index is 6.28. The van der Waals surface area contributed by atoms with Crippen LogP contribution < -0.4 is 18.9 Å². The maximum atomic E-state index is 6.28. The van der Waals surface area contributed by atoms with Crippen LogP contribution in [0.5, 0.6) is 23.0 Å². The molecular formula is C32H32O8S4. The van der Waals surface area contributed by atoms with Crippen LogP contribution >= 0.6 is 45.3 Å². The van der Waals surface area contributed by atoms with E-state index in [0.717, 1.165) is 63.3 Å². The molecule has 0 amide bonds. The Hall–Kier alpha value is -2.68. The zero-order chi connectivity index (χ0) is 29.6. The van der Waals surface area contributed by atoms with Gasteiger partial charge in [-0.3, -0.25) is 0 Å². The van der Waals surface area contributed by atoms with Crippen LogP contribution in [0.2, 0.25) is 0 Å². The molecule has 0 radical (unpaired) electrons. The average Bonchev–Trinajstić information content (AvgIpc) is 3.86. The van der Waals surface area contributed by atoms with Crippen LogP contribution in [0.25, 0.3) is 40.3 Å². The minimum atomic E-state index is 0.449. The van der Waals surface area contributed by atoms with Crippen LogP contribution in [-0.4, -0.2) is 79.3 Å². The lowest BCUT2D eigenvalue weighted by Gasteiger charge is -2.15. The van der Waals surface area contributed by atoms with Crippen LogP contribution in [0.4, 0.5) is 0 Å². The molecule has 0 aliphatic carbocycles. The summed E-state index contributed by atoms with van der Waals surface area (Å²) in [5.74, 6) is 3.53. The topological polar surface area (TPSA) is 73.8 Å². The van der Waals surface area contributed by atoms with Crippen molar-refractivity contribution in [2.24, 2.45) is 0 Å². The SMILES string of the molecule is c1cc2c3c4sccc4c(c2s1)OCCOCCOCCOc1c2ccsc2c(c2ccsc12)OCCOCCOCCO3. The molecular weight excluding hydrogens is 641 g/mol. The highest BCUT2D eigenvalue weighted by atomic mass is 32.1. The minimum absolute atomic E-state index is 0.449. The number of ether oxygens (including phenoxy) is 8. The van der Waals surface area contributed by atoms with E-state index < -0.39 is 0 Å². The Bertz CT molecular complexity index is 1460. The van der Waals surface area contributed by atoms with Gasteiger partial charge in [0.05, 0.1) is 71.7 Å². The molecule has 44 heavy (non-hydrogen) atoms. The van der Waals surface area contributed by atoms with E-state index in [1.165, 1.54) is 0 Å². The molecule has 8 rings (SSSR count). The van der Waals surface area contributed by atoms with Crippen molar-refractivity contribution in [3.8, 4) is 23.0 Å². The van der Waals surface area contributed by atoms with Crippen molar-refractivity contribution in [3.05, 3.63) is 45.8 Å². The fourth-order valence-corrected chi connectivity index (χ4v) is 8.79. The van der Waals surface area contributed by atoms with E-state index >= 15 is 0 Å². The highest BCUT2D eigenvalue weighted by Gasteiger charge is 2.20. The molecule has 0 atom stereocenters. The lowest BCUT2D eigenvalue weighted by Crippen LogP contribution is -2.14. The Labute approximate surface area is 270 Å². The van der Waals surface area contributed by atoms with Crippen LogP contribution in [0.15, 0.2) is 45.8 Å². The van der Waals surface area contributed by atoms with Gasteiger partial charge in [-0.2, -0.15) is 0 Å². The van der Waals surface area contributed by atoms with Crippen LogP contribution in [-0.2, 0) is 18.9 Å². The van der Waals surface area contributed by atoms with E-state index in [9.17, 15) is 0 Å². The number of thiophene rings is 4. The number of rotatable bonds is 0. The zero-order valence-electron chi connectivity index (χ0n) is 24.0. The summed E-state index contributed by atoms with van der Waals surface area (Å²) in [6.45, 7) is 5.62. The Kier molecular flexibility index (Phi) is 9.96. The van der Waals surface area contributed by atoms with Gasteiger partial charge in [-0.15, -0.1) is 45.3 Å². The average molecular weight is 673 g/mol. The highest BCUT2D eigenvalue weighted by Crippen LogP contribution is 2.48. The second kappa shape index (κ2) is 14.6. The van der Waals surface area contributed by atoms with E-state index in [4.69, 9.17) is 37.9 Å². The summed E-state index contributed by atoms with van der Waals surface area (Å²) in [7, 11) is 0. The molecule has 4 bridgehead atoms. The first-order valence-corrected chi connectivity index (χ1v) is 18.0. The van der Waals surface area contributed by atoms with Gasteiger partial charge in [0.1, 0.15) is 49.4 Å². The molecule has 0 N–H and O–H groups in total. The summed E-state index contributed by atoms with van der Waals surface area (Å²) in [5.41, 5.74) is 0. The highest BCUT2D eigenvalue weighted by molar-refractivity contribution is 7.20. The number of hydrogen-bond donors (Lipinski definition) is 0. The first-order valence-electron chi connectivity index (χ1n) is 14.5. The van der Waals surface area contributed by atoms with Gasteiger partial charge in [0.25, 0.3) is 0 Å². The first-order chi connectivity index (χ1) is 21.9. The van der Waals surface area contributed by atoms with E-state index in [2.05, 4.69) is 45.8 Å². The van der Waals surface area contributed by atoms with Gasteiger partial charge < -0.3 is 37.9 Å². The second-order valence-electron chi connectivity index (χ2n) is 9.81. The summed E-state index contributed by atoms with van der Waals surface area (Å²) in [6.07, 6.45) is 0. The minimum Gasteiger partial charge on any atom is -0.489 e. The van der Waals surface area contributed by atoms with Crippen molar-refractivity contribution in [2.75, 3.05) is 79.3 Å². The standard InChI is InChI=1S/C32H32O8S4/c1-17-41-29-21(1)25-30-22(2-18-42-30)26(29)38-14-10-34-7-8-36-12-16-40-28-24-4-20-43-31(24)27(23-3-19-44-32(23)28)39-15-11-35-6-5-33-9-13-37-25/h1-4,17-20H,5-16H2. The third-order valence-corrected chi connectivity index (χ3v) is 10.8. The Morgan fingerprint density at radius 1 is 0.318 bits per heavy atom. The summed E-state index contributed by atoms with van der Waals surface area (Å²) in [4.78, 5) is 0. The third kappa shape index (κ3) is 6.35. The van der Waals surface area contributed by atoms with Crippen molar-refractivity contribution >= 4 is 85.7 Å². The fraction of sp³-hybridized carbons (Fsp3) is 0.375. The Morgan fingerprint density at radius 2 is 0.545 bits per heavy atom. The predicted molar refractivity (Wildman–Crippen MR) is 180 cm³/mol. The van der Waals surface area contributed by atoms with Gasteiger partial charge in [-0.25, -0.2) is 0 Å². The molecule has 12 heteroatoms. The lowest BCUT2D eigenvalue weighted by atomic mass is 10.1. The smallest absolute Gasteiger partial charge is 0.146 e. The van der Waals surface area contributed by atoms with E-state index in [1.54, 1.807) is 45.3 Å². The third-order valence-electron chi connectivity index (χ3n) is 7.10. The maximum Gasteiger partial charge on any atom is 0.146 e. The normalized spacial score (nSPS) is 17.3. The second-order valence-corrected chi connectivity index (χ2v) is 13.5. The summed E-state index contributed by atoms with van der Waals surface area (Å²) < 4.78 is 52.7. The molecule has 6 heterocycles. The molecule has 0 unspecified atom stereocenters. The summed E-state index contributed by atoms with van der Waals surface area (Å²) in [6, 6.07) is 8.37. The van der Waals surface area contributed by atoms with Gasteiger partial charge in [0.15, 0.2) is 0 Å². The molecule has 0 saturated heterocycles. The Morgan fingerprint density at radius 3 is 0.795 bits per heavy atom. The van der Waals surface area contributed by atoms with E-state index in [-0.39, 0.29) is 0 Å². The quantitative estimate of drug-likeness (QED) is 0.151. The first kappa shape index (κ1) is 30.0. The Balaban J connectivity index is 1.02. The van der Waals surface area contributed by atoms with Crippen molar-refractivity contribution in [3.63, 3.8) is 0 Å². The lowest BCUT2D eigenvalue weighted by molar-refractivity contribution is 0.0275. The molecule has 0 spiro atoms. The molecule has 8 nitrogen and oxygen atoms in total. The molecule has 2 aromatic carbocycles. The van der Waals surface area contributed by atoms with Gasteiger partial charge >= 0.3 is 0 Å². The summed E-state index contributed by atoms with van der Waals surface area (Å²) >= 11 is 6.62. The van der Waals surface area contributed by atoms with Crippen LogP contribution in [0.3, 0.4) is 0 Å². The number of benzene rings is 2. The van der Waals surface area contributed by atoms with Gasteiger partial charge in [0, 0.05) is 21.5 Å².